The monoisotopic (exact) mass is 242 g/mol. The molecule has 6 heteroatoms. The van der Waals surface area contributed by atoms with Gasteiger partial charge in [-0.3, -0.25) is 0 Å². The highest BCUT2D eigenvalue weighted by molar-refractivity contribution is 7.89. The Bertz CT molecular complexity index is 495. The molecule has 0 unspecified atom stereocenters. The van der Waals surface area contributed by atoms with E-state index in [1.54, 1.807) is 13.1 Å². The molecule has 1 aliphatic carbocycles. The van der Waals surface area contributed by atoms with Crippen LogP contribution in [-0.2, 0) is 10.0 Å². The summed E-state index contributed by atoms with van der Waals surface area (Å²) in [4.78, 5) is 0.0833. The number of hydrogen-bond donors (Lipinski definition) is 2. The number of nitrogens with two attached hydrogens (primary N) is 1. The Morgan fingerprint density at radius 1 is 1.44 bits per heavy atom. The van der Waals surface area contributed by atoms with Gasteiger partial charge in [0.25, 0.3) is 0 Å². The third-order valence-corrected chi connectivity index (χ3v) is 3.28. The number of benzene rings is 1. The first-order chi connectivity index (χ1) is 7.50. The third-order valence-electron chi connectivity index (χ3n) is 2.37. The first-order valence-electron chi connectivity index (χ1n) is 5.02. The van der Waals surface area contributed by atoms with E-state index in [4.69, 9.17) is 9.88 Å². The number of sulfonamides is 1. The molecule has 1 aromatic carbocycles. The van der Waals surface area contributed by atoms with Crippen LogP contribution in [0.15, 0.2) is 23.1 Å². The van der Waals surface area contributed by atoms with Crippen molar-refractivity contribution in [1.82, 2.24) is 0 Å². The summed E-state index contributed by atoms with van der Waals surface area (Å²) in [5, 5.41) is 7.94. The molecule has 0 aliphatic heterocycles. The van der Waals surface area contributed by atoms with Gasteiger partial charge in [0, 0.05) is 7.05 Å². The van der Waals surface area contributed by atoms with Crippen LogP contribution in [0.3, 0.4) is 0 Å². The minimum atomic E-state index is -3.66. The van der Waals surface area contributed by atoms with Crippen molar-refractivity contribution in [3.05, 3.63) is 18.2 Å². The molecule has 0 bridgehead atoms. The largest absolute Gasteiger partial charge is 0.488 e. The van der Waals surface area contributed by atoms with E-state index in [9.17, 15) is 8.42 Å². The van der Waals surface area contributed by atoms with Crippen LogP contribution >= 0.6 is 0 Å². The van der Waals surface area contributed by atoms with Crippen molar-refractivity contribution in [3.63, 3.8) is 0 Å². The van der Waals surface area contributed by atoms with Crippen LogP contribution in [0.1, 0.15) is 12.8 Å². The first kappa shape index (κ1) is 11.2. The van der Waals surface area contributed by atoms with Crippen LogP contribution in [-0.4, -0.2) is 21.6 Å². The van der Waals surface area contributed by atoms with Gasteiger partial charge in [-0.05, 0) is 31.0 Å². The van der Waals surface area contributed by atoms with Gasteiger partial charge in [0.2, 0.25) is 10.0 Å². The van der Waals surface area contributed by atoms with Crippen LogP contribution < -0.4 is 15.2 Å². The molecule has 0 heterocycles. The molecule has 1 aliphatic rings. The smallest absolute Gasteiger partial charge is 0.238 e. The van der Waals surface area contributed by atoms with Crippen molar-refractivity contribution >= 4 is 15.7 Å². The molecule has 1 aromatic rings. The molecule has 0 radical (unpaired) electrons. The number of hydrogen-bond acceptors (Lipinski definition) is 4. The normalized spacial score (nSPS) is 15.9. The Kier molecular flexibility index (Phi) is 2.77. The summed E-state index contributed by atoms with van der Waals surface area (Å²) in [5.41, 5.74) is 0.637. The number of ether oxygens (including phenoxy) is 1. The van der Waals surface area contributed by atoms with Gasteiger partial charge in [-0.15, -0.1) is 0 Å². The van der Waals surface area contributed by atoms with Crippen molar-refractivity contribution in [3.8, 4) is 5.75 Å². The fourth-order valence-electron chi connectivity index (χ4n) is 1.35. The second kappa shape index (κ2) is 3.95. The topological polar surface area (TPSA) is 81.4 Å². The lowest BCUT2D eigenvalue weighted by atomic mass is 10.3. The van der Waals surface area contributed by atoms with Gasteiger partial charge in [-0.25, -0.2) is 13.6 Å². The molecule has 0 spiro atoms. The zero-order valence-electron chi connectivity index (χ0n) is 8.93. The maximum absolute atomic E-state index is 11.2. The number of anilines is 1. The average Bonchev–Trinajstić information content (AvgIpc) is 3.00. The minimum Gasteiger partial charge on any atom is -0.488 e. The van der Waals surface area contributed by atoms with Crippen molar-refractivity contribution < 1.29 is 13.2 Å². The number of primary sulfonamides is 1. The van der Waals surface area contributed by atoms with Gasteiger partial charge < -0.3 is 10.1 Å². The summed E-state index contributed by atoms with van der Waals surface area (Å²) in [7, 11) is -1.95. The Morgan fingerprint density at radius 3 is 2.62 bits per heavy atom. The van der Waals surface area contributed by atoms with Gasteiger partial charge in [0.1, 0.15) is 5.75 Å². The molecule has 1 saturated carbocycles. The molecule has 0 aromatic heterocycles. The second-order valence-electron chi connectivity index (χ2n) is 3.77. The molecule has 0 saturated heterocycles. The summed E-state index contributed by atoms with van der Waals surface area (Å²) >= 11 is 0. The first-order valence-corrected chi connectivity index (χ1v) is 6.56. The van der Waals surface area contributed by atoms with Crippen LogP contribution in [0.2, 0.25) is 0 Å². The van der Waals surface area contributed by atoms with Crippen LogP contribution in [0.25, 0.3) is 0 Å². The minimum absolute atomic E-state index is 0.0833. The summed E-state index contributed by atoms with van der Waals surface area (Å²) < 4.78 is 27.9. The lowest BCUT2D eigenvalue weighted by Gasteiger charge is -2.11. The molecule has 2 rings (SSSR count). The van der Waals surface area contributed by atoms with Crippen molar-refractivity contribution in [2.75, 3.05) is 12.4 Å². The van der Waals surface area contributed by atoms with E-state index in [2.05, 4.69) is 5.32 Å². The van der Waals surface area contributed by atoms with E-state index >= 15 is 0 Å². The van der Waals surface area contributed by atoms with Gasteiger partial charge in [-0.1, -0.05) is 0 Å². The number of nitrogens with one attached hydrogen (secondary N) is 1. The Labute approximate surface area is 94.6 Å². The van der Waals surface area contributed by atoms with E-state index in [0.717, 1.165) is 12.8 Å². The van der Waals surface area contributed by atoms with E-state index in [-0.39, 0.29) is 11.0 Å². The summed E-state index contributed by atoms with van der Waals surface area (Å²) in [6, 6.07) is 4.56. The van der Waals surface area contributed by atoms with E-state index in [1.165, 1.54) is 12.1 Å². The van der Waals surface area contributed by atoms with Crippen LogP contribution in [0.4, 0.5) is 5.69 Å². The van der Waals surface area contributed by atoms with Gasteiger partial charge in [-0.2, -0.15) is 0 Å². The van der Waals surface area contributed by atoms with E-state index in [1.807, 2.05) is 0 Å². The highest BCUT2D eigenvalue weighted by atomic mass is 32.2. The quantitative estimate of drug-likeness (QED) is 0.822. The summed E-state index contributed by atoms with van der Waals surface area (Å²) in [6.45, 7) is 0. The molecule has 0 amide bonds. The summed E-state index contributed by atoms with van der Waals surface area (Å²) in [6.07, 6.45) is 2.38. The number of rotatable bonds is 4. The van der Waals surface area contributed by atoms with Crippen LogP contribution in [0.5, 0.6) is 5.75 Å². The Balaban J connectivity index is 2.33. The van der Waals surface area contributed by atoms with Crippen molar-refractivity contribution in [2.24, 2.45) is 5.14 Å². The zero-order chi connectivity index (χ0) is 11.8. The molecule has 3 N–H and O–H groups in total. The molecular formula is C10H14N2O3S. The maximum atomic E-state index is 11.2. The van der Waals surface area contributed by atoms with Gasteiger partial charge >= 0.3 is 0 Å². The molecule has 0 atom stereocenters. The molecule has 1 fully saturated rings. The highest BCUT2D eigenvalue weighted by Crippen LogP contribution is 2.33. The van der Waals surface area contributed by atoms with E-state index < -0.39 is 10.0 Å². The standard InChI is InChI=1S/C10H14N2O3S/c1-12-9-6-8(16(11,13)14)4-5-10(9)15-7-2-3-7/h4-7,12H,2-3H2,1H3,(H2,11,13,14). The highest BCUT2D eigenvalue weighted by Gasteiger charge is 2.24. The van der Waals surface area contributed by atoms with Crippen molar-refractivity contribution in [2.45, 2.75) is 23.8 Å². The molecular weight excluding hydrogens is 228 g/mol. The van der Waals surface area contributed by atoms with Gasteiger partial charge in [0.05, 0.1) is 16.7 Å². The Morgan fingerprint density at radius 2 is 2.12 bits per heavy atom. The van der Waals surface area contributed by atoms with E-state index in [0.29, 0.717) is 11.4 Å². The van der Waals surface area contributed by atoms with Crippen molar-refractivity contribution in [1.29, 1.82) is 0 Å². The second-order valence-corrected chi connectivity index (χ2v) is 5.33. The average molecular weight is 242 g/mol. The Hall–Kier alpha value is -1.27. The molecule has 16 heavy (non-hydrogen) atoms. The fraction of sp³-hybridized carbons (Fsp3) is 0.400. The van der Waals surface area contributed by atoms with Crippen LogP contribution in [0, 0.1) is 0 Å². The summed E-state index contributed by atoms with van der Waals surface area (Å²) in [5.74, 6) is 0.664. The predicted octanol–water partition coefficient (Wildman–Crippen LogP) is 0.917. The zero-order valence-corrected chi connectivity index (χ0v) is 9.75. The maximum Gasteiger partial charge on any atom is 0.238 e. The predicted molar refractivity (Wildman–Crippen MR) is 61.0 cm³/mol. The lowest BCUT2D eigenvalue weighted by Crippen LogP contribution is -2.12. The lowest BCUT2D eigenvalue weighted by molar-refractivity contribution is 0.304. The molecule has 88 valence electrons. The third kappa shape index (κ3) is 2.45. The van der Waals surface area contributed by atoms with Gasteiger partial charge in [0.15, 0.2) is 0 Å². The SMILES string of the molecule is CNc1cc(S(N)(=O)=O)ccc1OC1CC1. The fourth-order valence-corrected chi connectivity index (χ4v) is 1.89. The molecule has 5 nitrogen and oxygen atoms in total.